The Kier molecular flexibility index (Phi) is 5.23. The van der Waals surface area contributed by atoms with Crippen molar-refractivity contribution in [3.63, 3.8) is 0 Å². The van der Waals surface area contributed by atoms with Gasteiger partial charge >= 0.3 is 0 Å². The quantitative estimate of drug-likeness (QED) is 0.855. The van der Waals surface area contributed by atoms with E-state index in [4.69, 9.17) is 9.84 Å². The Morgan fingerprint density at radius 2 is 2.23 bits per heavy atom. The summed E-state index contributed by atoms with van der Waals surface area (Å²) in [5.74, 6) is -1.02. The van der Waals surface area contributed by atoms with E-state index in [1.165, 1.54) is 37.5 Å². The number of carbonyl (C=O) groups excluding carboxylic acids is 1. The monoisotopic (exact) mass is 324 g/mol. The van der Waals surface area contributed by atoms with Gasteiger partial charge in [0, 0.05) is 31.1 Å². The molecule has 22 heavy (non-hydrogen) atoms. The highest BCUT2D eigenvalue weighted by Crippen LogP contribution is 2.29. The number of halogens is 1. The highest BCUT2D eigenvalue weighted by Gasteiger charge is 2.38. The number of nitrogens with zero attached hydrogens (tertiary/aromatic N) is 1. The molecule has 118 valence electrons. The van der Waals surface area contributed by atoms with E-state index in [1.807, 2.05) is 0 Å². The van der Waals surface area contributed by atoms with Crippen LogP contribution in [-0.2, 0) is 21.6 Å². The van der Waals surface area contributed by atoms with Crippen molar-refractivity contribution in [2.75, 3.05) is 19.0 Å². The van der Waals surface area contributed by atoms with Crippen LogP contribution in [0.1, 0.15) is 18.2 Å². The lowest BCUT2D eigenvalue weighted by Gasteiger charge is -2.27. The predicted molar refractivity (Wildman–Crippen MR) is 82.3 cm³/mol. The van der Waals surface area contributed by atoms with Crippen molar-refractivity contribution in [3.05, 3.63) is 46.7 Å². The topological polar surface area (TPSA) is 71.5 Å². The number of methoxy groups -OCH3 is 1. The van der Waals surface area contributed by atoms with Gasteiger partial charge in [0.2, 0.25) is 0 Å². The fourth-order valence-corrected chi connectivity index (χ4v) is 2.72. The first kappa shape index (κ1) is 16.5. The van der Waals surface area contributed by atoms with Crippen LogP contribution >= 0.6 is 11.3 Å². The Labute approximate surface area is 131 Å². The van der Waals surface area contributed by atoms with Crippen LogP contribution in [0.5, 0.6) is 0 Å². The van der Waals surface area contributed by atoms with Crippen molar-refractivity contribution in [3.8, 4) is 0 Å². The molecule has 0 saturated carbocycles. The van der Waals surface area contributed by atoms with Crippen molar-refractivity contribution in [2.24, 2.45) is 0 Å². The third kappa shape index (κ3) is 3.32. The van der Waals surface area contributed by atoms with Gasteiger partial charge in [-0.05, 0) is 13.0 Å². The standard InChI is InChI=1S/C15H17FN2O3S/c1-15(21-2,11-5-3-4-6-12(11)16)13(20)18-14-17-10(7-8-19)9-22-14/h3-6,9,19H,7-8H2,1-2H3,(H,17,18,20)/t15-/m1/s1. The van der Waals surface area contributed by atoms with E-state index in [0.29, 0.717) is 17.2 Å². The van der Waals surface area contributed by atoms with Crippen molar-refractivity contribution < 1.29 is 19.0 Å². The molecule has 0 aliphatic carbocycles. The minimum atomic E-state index is -1.46. The number of aliphatic hydroxyl groups excluding tert-OH is 1. The molecular weight excluding hydrogens is 307 g/mol. The molecule has 2 aromatic rings. The highest BCUT2D eigenvalue weighted by molar-refractivity contribution is 7.13. The largest absolute Gasteiger partial charge is 0.396 e. The zero-order valence-electron chi connectivity index (χ0n) is 12.3. The molecule has 1 atom stereocenters. The molecule has 0 unspecified atom stereocenters. The molecule has 5 nitrogen and oxygen atoms in total. The number of amides is 1. The third-order valence-corrected chi connectivity index (χ3v) is 4.18. The molecule has 0 radical (unpaired) electrons. The van der Waals surface area contributed by atoms with Crippen LogP contribution in [0.2, 0.25) is 0 Å². The van der Waals surface area contributed by atoms with Crippen LogP contribution in [-0.4, -0.2) is 29.7 Å². The van der Waals surface area contributed by atoms with E-state index in [-0.39, 0.29) is 12.2 Å². The number of benzene rings is 1. The first-order valence-electron chi connectivity index (χ1n) is 6.68. The number of carbonyl (C=O) groups is 1. The number of ether oxygens (including phenoxy) is 1. The number of hydrogen-bond acceptors (Lipinski definition) is 5. The Hall–Kier alpha value is -1.83. The normalized spacial score (nSPS) is 13.6. The van der Waals surface area contributed by atoms with E-state index in [9.17, 15) is 9.18 Å². The molecule has 1 amide bonds. The Bertz CT molecular complexity index is 662. The number of aromatic nitrogens is 1. The van der Waals surface area contributed by atoms with Crippen LogP contribution < -0.4 is 5.32 Å². The van der Waals surface area contributed by atoms with Gasteiger partial charge in [-0.15, -0.1) is 11.3 Å². The first-order chi connectivity index (χ1) is 10.5. The average Bonchev–Trinajstić information content (AvgIpc) is 2.94. The maximum absolute atomic E-state index is 14.0. The van der Waals surface area contributed by atoms with Crippen LogP contribution in [0.25, 0.3) is 0 Å². The second-order valence-corrected chi connectivity index (χ2v) is 5.65. The smallest absolute Gasteiger partial charge is 0.262 e. The van der Waals surface area contributed by atoms with E-state index >= 15 is 0 Å². The zero-order chi connectivity index (χ0) is 16.2. The van der Waals surface area contributed by atoms with Gasteiger partial charge in [-0.1, -0.05) is 18.2 Å². The number of aliphatic hydroxyl groups is 1. The van der Waals surface area contributed by atoms with Crippen LogP contribution in [0.4, 0.5) is 9.52 Å². The van der Waals surface area contributed by atoms with Crippen molar-refractivity contribution in [1.82, 2.24) is 4.98 Å². The van der Waals surface area contributed by atoms with Gasteiger partial charge in [0.05, 0.1) is 5.69 Å². The summed E-state index contributed by atoms with van der Waals surface area (Å²) in [4.78, 5) is 16.7. The fourth-order valence-electron chi connectivity index (χ4n) is 1.98. The number of rotatable bonds is 6. The molecule has 0 fully saturated rings. The number of thiazole rings is 1. The Morgan fingerprint density at radius 3 is 2.86 bits per heavy atom. The summed E-state index contributed by atoms with van der Waals surface area (Å²) in [5.41, 5.74) is -0.622. The van der Waals surface area contributed by atoms with Gasteiger partial charge in [-0.2, -0.15) is 0 Å². The van der Waals surface area contributed by atoms with Crippen LogP contribution in [0, 0.1) is 5.82 Å². The maximum atomic E-state index is 14.0. The minimum absolute atomic E-state index is 0.0118. The van der Waals surface area contributed by atoms with Crippen LogP contribution in [0.3, 0.4) is 0 Å². The second-order valence-electron chi connectivity index (χ2n) is 4.79. The molecule has 0 aliphatic heterocycles. The molecule has 1 aromatic carbocycles. The van der Waals surface area contributed by atoms with Gasteiger partial charge in [-0.25, -0.2) is 9.37 Å². The summed E-state index contributed by atoms with van der Waals surface area (Å²) in [6.45, 7) is 1.49. The highest BCUT2D eigenvalue weighted by atomic mass is 32.1. The van der Waals surface area contributed by atoms with E-state index in [1.54, 1.807) is 17.5 Å². The van der Waals surface area contributed by atoms with Gasteiger partial charge in [-0.3, -0.25) is 10.1 Å². The zero-order valence-corrected chi connectivity index (χ0v) is 13.1. The maximum Gasteiger partial charge on any atom is 0.262 e. The molecule has 7 heteroatoms. The third-order valence-electron chi connectivity index (χ3n) is 3.37. The van der Waals surface area contributed by atoms with Gasteiger partial charge < -0.3 is 9.84 Å². The summed E-state index contributed by atoms with van der Waals surface area (Å²) in [6, 6.07) is 5.99. The lowest BCUT2D eigenvalue weighted by atomic mass is 9.94. The van der Waals surface area contributed by atoms with Crippen molar-refractivity contribution in [1.29, 1.82) is 0 Å². The Balaban J connectivity index is 2.22. The summed E-state index contributed by atoms with van der Waals surface area (Å²) in [6.07, 6.45) is 0.418. The molecule has 0 spiro atoms. The first-order valence-corrected chi connectivity index (χ1v) is 7.56. The summed E-state index contributed by atoms with van der Waals surface area (Å²) < 4.78 is 19.3. The number of hydrogen-bond donors (Lipinski definition) is 2. The van der Waals surface area contributed by atoms with Crippen LogP contribution in [0.15, 0.2) is 29.6 Å². The average molecular weight is 324 g/mol. The molecule has 2 N–H and O–H groups in total. The SMILES string of the molecule is CO[C@@](C)(C(=O)Nc1nc(CCO)cs1)c1ccccc1F. The molecule has 0 bridgehead atoms. The summed E-state index contributed by atoms with van der Waals surface area (Å²) in [7, 11) is 1.35. The summed E-state index contributed by atoms with van der Waals surface area (Å²) in [5, 5.41) is 13.6. The Morgan fingerprint density at radius 1 is 1.50 bits per heavy atom. The van der Waals surface area contributed by atoms with Crippen molar-refractivity contribution >= 4 is 22.4 Å². The molecular formula is C15H17FN2O3S. The van der Waals surface area contributed by atoms with Gasteiger partial charge in [0.15, 0.2) is 10.7 Å². The molecule has 1 aromatic heterocycles. The van der Waals surface area contributed by atoms with E-state index in [0.717, 1.165) is 0 Å². The molecule has 2 rings (SSSR count). The minimum Gasteiger partial charge on any atom is -0.396 e. The molecule has 0 saturated heterocycles. The van der Waals surface area contributed by atoms with E-state index < -0.39 is 17.3 Å². The van der Waals surface area contributed by atoms with Gasteiger partial charge in [0.1, 0.15) is 5.82 Å². The summed E-state index contributed by atoms with van der Waals surface area (Å²) >= 11 is 1.24. The van der Waals surface area contributed by atoms with Crippen molar-refractivity contribution in [2.45, 2.75) is 18.9 Å². The lowest BCUT2D eigenvalue weighted by molar-refractivity contribution is -0.137. The van der Waals surface area contributed by atoms with Gasteiger partial charge in [0.25, 0.3) is 5.91 Å². The second kappa shape index (κ2) is 6.95. The molecule has 0 aliphatic rings. The molecule has 1 heterocycles. The van der Waals surface area contributed by atoms with E-state index in [2.05, 4.69) is 10.3 Å². The lowest BCUT2D eigenvalue weighted by Crippen LogP contribution is -2.40. The number of anilines is 1. The predicted octanol–water partition coefficient (Wildman–Crippen LogP) is 2.32. The number of nitrogens with one attached hydrogen (secondary N) is 1. The fraction of sp³-hybridized carbons (Fsp3) is 0.333.